The molecular weight excluding hydrogens is 365 g/mol. The van der Waals surface area contributed by atoms with Crippen molar-refractivity contribution < 1.29 is 23.5 Å². The van der Waals surface area contributed by atoms with Gasteiger partial charge in [0.25, 0.3) is 5.91 Å². The van der Waals surface area contributed by atoms with Gasteiger partial charge in [0.1, 0.15) is 11.6 Å². The van der Waals surface area contributed by atoms with Crippen LogP contribution in [0.15, 0.2) is 36.4 Å². The average Bonchev–Trinajstić information content (AvgIpc) is 3.26. The molecule has 1 heterocycles. The summed E-state index contributed by atoms with van der Waals surface area (Å²) in [6.45, 7) is 1.72. The number of hydrogen-bond donors (Lipinski definition) is 3. The highest BCUT2D eigenvalue weighted by molar-refractivity contribution is 5.94. The molecule has 1 fully saturated rings. The number of hydrogen-bond acceptors (Lipinski definition) is 6. The van der Waals surface area contributed by atoms with Crippen molar-refractivity contribution in [2.45, 2.75) is 12.5 Å². The molecular formula is C20H22FN3O4. The summed E-state index contributed by atoms with van der Waals surface area (Å²) in [5.41, 5.74) is 8.05. The standard InChI is InChI=1S/C20H22FN3O4/c1-27-18-8-13(4-5-15(18)14-10-23-24-11-14)19(25)22-9-12-3-6-17(21)16(7-12)20(26)28-2/h3-8,14,23-24H,9-11H2,1-2H3,(H,22,25). The average molecular weight is 387 g/mol. The first-order valence-corrected chi connectivity index (χ1v) is 8.82. The number of hydrazine groups is 1. The fraction of sp³-hybridized carbons (Fsp3) is 0.300. The zero-order valence-corrected chi connectivity index (χ0v) is 15.7. The highest BCUT2D eigenvalue weighted by atomic mass is 19.1. The molecule has 1 amide bonds. The van der Waals surface area contributed by atoms with E-state index in [4.69, 9.17) is 4.74 Å². The van der Waals surface area contributed by atoms with E-state index in [9.17, 15) is 14.0 Å². The van der Waals surface area contributed by atoms with Crippen LogP contribution in [0.2, 0.25) is 0 Å². The van der Waals surface area contributed by atoms with Crippen molar-refractivity contribution in [3.8, 4) is 5.75 Å². The summed E-state index contributed by atoms with van der Waals surface area (Å²) in [5, 5.41) is 2.77. The Kier molecular flexibility index (Phi) is 6.23. The van der Waals surface area contributed by atoms with Gasteiger partial charge in [-0.25, -0.2) is 9.18 Å². The first-order chi connectivity index (χ1) is 13.5. The lowest BCUT2D eigenvalue weighted by Gasteiger charge is -2.15. The number of carbonyl (C=O) groups is 2. The Bertz CT molecular complexity index is 882. The fourth-order valence-corrected chi connectivity index (χ4v) is 3.11. The van der Waals surface area contributed by atoms with E-state index in [1.165, 1.54) is 25.3 Å². The molecule has 0 bridgehead atoms. The molecule has 3 rings (SSSR count). The predicted molar refractivity (Wildman–Crippen MR) is 101 cm³/mol. The van der Waals surface area contributed by atoms with Crippen molar-refractivity contribution in [2.75, 3.05) is 27.3 Å². The summed E-state index contributed by atoms with van der Waals surface area (Å²) in [7, 11) is 2.76. The van der Waals surface area contributed by atoms with Crippen molar-refractivity contribution in [1.82, 2.24) is 16.2 Å². The number of nitrogens with one attached hydrogen (secondary N) is 3. The number of benzene rings is 2. The fourth-order valence-electron chi connectivity index (χ4n) is 3.11. The van der Waals surface area contributed by atoms with Crippen LogP contribution in [0.25, 0.3) is 0 Å². The normalized spacial score (nSPS) is 14.0. The number of rotatable bonds is 6. The van der Waals surface area contributed by atoms with Gasteiger partial charge < -0.3 is 14.8 Å². The minimum absolute atomic E-state index is 0.142. The maximum absolute atomic E-state index is 13.7. The maximum Gasteiger partial charge on any atom is 0.340 e. The number of amides is 1. The number of ether oxygens (including phenoxy) is 2. The van der Waals surface area contributed by atoms with Crippen molar-refractivity contribution in [1.29, 1.82) is 0 Å². The van der Waals surface area contributed by atoms with Crippen molar-refractivity contribution >= 4 is 11.9 Å². The van der Waals surface area contributed by atoms with Gasteiger partial charge in [-0.05, 0) is 35.4 Å². The van der Waals surface area contributed by atoms with Crippen LogP contribution in [-0.2, 0) is 11.3 Å². The van der Waals surface area contributed by atoms with Crippen LogP contribution >= 0.6 is 0 Å². The molecule has 0 aliphatic carbocycles. The molecule has 2 aromatic carbocycles. The van der Waals surface area contributed by atoms with E-state index in [1.54, 1.807) is 19.2 Å². The van der Waals surface area contributed by atoms with Crippen LogP contribution in [0.5, 0.6) is 5.75 Å². The van der Waals surface area contributed by atoms with E-state index in [2.05, 4.69) is 20.9 Å². The lowest BCUT2D eigenvalue weighted by atomic mass is 9.97. The molecule has 0 unspecified atom stereocenters. The highest BCUT2D eigenvalue weighted by Gasteiger charge is 2.21. The molecule has 3 N–H and O–H groups in total. The second-order valence-electron chi connectivity index (χ2n) is 6.40. The molecule has 7 nitrogen and oxygen atoms in total. The largest absolute Gasteiger partial charge is 0.496 e. The Labute approximate surface area is 162 Å². The maximum atomic E-state index is 13.7. The van der Waals surface area contributed by atoms with Gasteiger partial charge in [-0.1, -0.05) is 12.1 Å². The van der Waals surface area contributed by atoms with Crippen LogP contribution in [0.1, 0.15) is 37.8 Å². The molecule has 0 aromatic heterocycles. The van der Waals surface area contributed by atoms with Gasteiger partial charge in [0.15, 0.2) is 0 Å². The Hall–Kier alpha value is -2.97. The van der Waals surface area contributed by atoms with Gasteiger partial charge in [0.05, 0.1) is 19.8 Å². The van der Waals surface area contributed by atoms with Gasteiger partial charge in [0.2, 0.25) is 0 Å². The predicted octanol–water partition coefficient (Wildman–Crippen LogP) is 1.74. The Morgan fingerprint density at radius 2 is 1.89 bits per heavy atom. The molecule has 28 heavy (non-hydrogen) atoms. The minimum Gasteiger partial charge on any atom is -0.496 e. The molecule has 1 saturated heterocycles. The number of esters is 1. The molecule has 0 atom stereocenters. The quantitative estimate of drug-likeness (QED) is 0.655. The lowest BCUT2D eigenvalue weighted by molar-refractivity contribution is 0.0595. The third-order valence-electron chi connectivity index (χ3n) is 4.65. The molecule has 1 aliphatic rings. The third kappa shape index (κ3) is 4.29. The smallest absolute Gasteiger partial charge is 0.340 e. The van der Waals surface area contributed by atoms with Crippen molar-refractivity contribution in [3.63, 3.8) is 0 Å². The van der Waals surface area contributed by atoms with Crippen LogP contribution in [0, 0.1) is 5.82 Å². The summed E-state index contributed by atoms with van der Waals surface area (Å²) in [6, 6.07) is 9.39. The number of halogens is 1. The van der Waals surface area contributed by atoms with Gasteiger partial charge in [0, 0.05) is 31.1 Å². The minimum atomic E-state index is -0.762. The Balaban J connectivity index is 1.70. The zero-order valence-electron chi connectivity index (χ0n) is 15.7. The van der Waals surface area contributed by atoms with Gasteiger partial charge in [-0.3, -0.25) is 15.6 Å². The van der Waals surface area contributed by atoms with E-state index in [0.29, 0.717) is 16.9 Å². The van der Waals surface area contributed by atoms with Gasteiger partial charge in [-0.15, -0.1) is 0 Å². The van der Waals surface area contributed by atoms with Crippen LogP contribution in [0.3, 0.4) is 0 Å². The van der Waals surface area contributed by atoms with Gasteiger partial charge in [-0.2, -0.15) is 0 Å². The van der Waals surface area contributed by atoms with Crippen molar-refractivity contribution in [3.05, 3.63) is 64.5 Å². The summed E-state index contributed by atoms with van der Waals surface area (Å²) in [5.74, 6) is -0.808. The molecule has 2 aromatic rings. The first-order valence-electron chi connectivity index (χ1n) is 8.82. The van der Waals surface area contributed by atoms with Crippen LogP contribution in [-0.4, -0.2) is 39.2 Å². The second-order valence-corrected chi connectivity index (χ2v) is 6.40. The lowest BCUT2D eigenvalue weighted by Crippen LogP contribution is -2.23. The summed E-state index contributed by atoms with van der Waals surface area (Å²) in [6.07, 6.45) is 0. The molecule has 8 heteroatoms. The highest BCUT2D eigenvalue weighted by Crippen LogP contribution is 2.28. The van der Waals surface area contributed by atoms with Gasteiger partial charge >= 0.3 is 5.97 Å². The van der Waals surface area contributed by atoms with Crippen molar-refractivity contribution in [2.24, 2.45) is 0 Å². The van der Waals surface area contributed by atoms with E-state index >= 15 is 0 Å². The summed E-state index contributed by atoms with van der Waals surface area (Å²) in [4.78, 5) is 24.1. The number of carbonyl (C=O) groups excluding carboxylic acids is 2. The first kappa shape index (κ1) is 19.8. The Morgan fingerprint density at radius 3 is 2.57 bits per heavy atom. The SMILES string of the molecule is COC(=O)c1cc(CNC(=O)c2ccc(C3CNNC3)c(OC)c2)ccc1F. The topological polar surface area (TPSA) is 88.7 Å². The third-order valence-corrected chi connectivity index (χ3v) is 4.65. The molecule has 0 spiro atoms. The zero-order chi connectivity index (χ0) is 20.1. The van der Waals surface area contributed by atoms with E-state index < -0.39 is 11.8 Å². The Morgan fingerprint density at radius 1 is 1.14 bits per heavy atom. The van der Waals surface area contributed by atoms with Crippen LogP contribution in [0.4, 0.5) is 4.39 Å². The number of methoxy groups -OCH3 is 2. The van der Waals surface area contributed by atoms with E-state index in [-0.39, 0.29) is 23.9 Å². The van der Waals surface area contributed by atoms with E-state index in [0.717, 1.165) is 18.7 Å². The van der Waals surface area contributed by atoms with Crippen LogP contribution < -0.4 is 20.9 Å². The van der Waals surface area contributed by atoms with E-state index in [1.807, 2.05) is 6.07 Å². The monoisotopic (exact) mass is 387 g/mol. The molecule has 148 valence electrons. The molecule has 0 saturated carbocycles. The molecule has 1 aliphatic heterocycles. The summed E-state index contributed by atoms with van der Waals surface area (Å²) >= 11 is 0. The second kappa shape index (κ2) is 8.81. The summed E-state index contributed by atoms with van der Waals surface area (Å²) < 4.78 is 23.7. The molecule has 0 radical (unpaired) electrons.